The summed E-state index contributed by atoms with van der Waals surface area (Å²) in [4.78, 5) is 1.24. The van der Waals surface area contributed by atoms with E-state index in [0.29, 0.717) is 0 Å². The van der Waals surface area contributed by atoms with Gasteiger partial charge in [-0.1, -0.05) is 12.1 Å². The fourth-order valence-electron chi connectivity index (χ4n) is 1.91. The Morgan fingerprint density at radius 2 is 2.25 bits per heavy atom. The van der Waals surface area contributed by atoms with Crippen molar-refractivity contribution in [2.45, 2.75) is 23.8 Å². The van der Waals surface area contributed by atoms with E-state index in [2.05, 4.69) is 44.8 Å². The largest absolute Gasteiger partial charge is 0.276 e. The molecule has 0 saturated carbocycles. The van der Waals surface area contributed by atoms with Gasteiger partial charge in [0.15, 0.2) is 0 Å². The van der Waals surface area contributed by atoms with Crippen molar-refractivity contribution in [3.63, 3.8) is 0 Å². The Labute approximate surface area is 132 Å². The van der Waals surface area contributed by atoms with Gasteiger partial charge in [0, 0.05) is 34.4 Å². The highest BCUT2D eigenvalue weighted by Gasteiger charge is 2.09. The van der Waals surface area contributed by atoms with E-state index in [1.165, 1.54) is 10.5 Å². The number of hydrogen-bond acceptors (Lipinski definition) is 4. The van der Waals surface area contributed by atoms with Crippen molar-refractivity contribution < 1.29 is 0 Å². The number of benzene rings is 1. The van der Waals surface area contributed by atoms with Crippen LogP contribution in [0.2, 0.25) is 0 Å². The molecule has 2 rings (SSSR count). The van der Waals surface area contributed by atoms with E-state index in [4.69, 9.17) is 5.84 Å². The molecule has 0 aliphatic heterocycles. The fourth-order valence-corrected chi connectivity index (χ4v) is 3.56. The monoisotopic (exact) mass is 354 g/mol. The summed E-state index contributed by atoms with van der Waals surface area (Å²) in [6, 6.07) is 8.53. The van der Waals surface area contributed by atoms with Gasteiger partial charge in [0.05, 0.1) is 6.20 Å². The van der Waals surface area contributed by atoms with Gasteiger partial charge < -0.3 is 0 Å². The zero-order valence-electron chi connectivity index (χ0n) is 11.4. The Morgan fingerprint density at radius 3 is 2.90 bits per heavy atom. The topological polar surface area (TPSA) is 55.9 Å². The highest BCUT2D eigenvalue weighted by molar-refractivity contribution is 9.10. The molecule has 1 unspecified atom stereocenters. The summed E-state index contributed by atoms with van der Waals surface area (Å²) >= 11 is 5.37. The highest BCUT2D eigenvalue weighted by atomic mass is 79.9. The first-order valence-electron chi connectivity index (χ1n) is 6.50. The molecule has 6 heteroatoms. The number of nitrogens with one attached hydrogen (secondary N) is 1. The lowest BCUT2D eigenvalue weighted by molar-refractivity contribution is 0.539. The molecule has 1 atom stereocenters. The second-order valence-corrected chi connectivity index (χ2v) is 6.58. The number of thioether (sulfide) groups is 1. The third-order valence-corrected chi connectivity index (χ3v) is 5.24. The fraction of sp³-hybridized carbons (Fsp3) is 0.357. The summed E-state index contributed by atoms with van der Waals surface area (Å²) in [7, 11) is 1.94. The van der Waals surface area contributed by atoms with Crippen molar-refractivity contribution in [3.05, 3.63) is 46.7 Å². The van der Waals surface area contributed by atoms with E-state index in [1.807, 2.05) is 41.8 Å². The smallest absolute Gasteiger partial charge is 0.0521 e. The summed E-state index contributed by atoms with van der Waals surface area (Å²) in [5, 5.41) is 4.18. The van der Waals surface area contributed by atoms with Gasteiger partial charge in [-0.15, -0.1) is 11.8 Å². The van der Waals surface area contributed by atoms with E-state index in [1.54, 1.807) is 0 Å². The van der Waals surface area contributed by atoms with Crippen LogP contribution in [0.4, 0.5) is 0 Å². The van der Waals surface area contributed by atoms with Crippen LogP contribution < -0.4 is 11.3 Å². The highest BCUT2D eigenvalue weighted by Crippen LogP contribution is 2.27. The molecule has 0 saturated heterocycles. The molecule has 108 valence electrons. The molecule has 1 aromatic heterocycles. The normalized spacial score (nSPS) is 12.6. The molecule has 1 aromatic carbocycles. The van der Waals surface area contributed by atoms with Crippen LogP contribution in [0.1, 0.15) is 12.0 Å². The van der Waals surface area contributed by atoms with E-state index in [9.17, 15) is 0 Å². The quantitative estimate of drug-likeness (QED) is 0.456. The van der Waals surface area contributed by atoms with E-state index >= 15 is 0 Å². The predicted octanol–water partition coefficient (Wildman–Crippen LogP) is 2.74. The molecule has 1 heterocycles. The minimum Gasteiger partial charge on any atom is -0.276 e. The maximum Gasteiger partial charge on any atom is 0.0521 e. The molecule has 0 bridgehead atoms. The lowest BCUT2D eigenvalue weighted by atomic mass is 10.1. The van der Waals surface area contributed by atoms with Crippen LogP contribution in [0.15, 0.2) is 46.0 Å². The van der Waals surface area contributed by atoms with Crippen molar-refractivity contribution in [1.82, 2.24) is 15.2 Å². The summed E-state index contributed by atoms with van der Waals surface area (Å²) < 4.78 is 2.96. The van der Waals surface area contributed by atoms with Crippen LogP contribution in [-0.4, -0.2) is 21.6 Å². The number of nitrogens with zero attached hydrogens (tertiary/aromatic N) is 2. The van der Waals surface area contributed by atoms with Crippen LogP contribution in [-0.2, 0) is 13.5 Å². The zero-order chi connectivity index (χ0) is 14.4. The molecule has 0 radical (unpaired) electrons. The Kier molecular flexibility index (Phi) is 6.09. The number of rotatable bonds is 7. The SMILES string of the molecule is Cn1cc(CCC(CSc2ccccc2Br)NN)cn1. The molecule has 2 aromatic rings. The first-order chi connectivity index (χ1) is 9.69. The standard InChI is InChI=1S/C14H19BrN4S/c1-19-9-11(8-17-19)6-7-12(18-16)10-20-14-5-3-2-4-13(14)15/h2-5,8-9,12,18H,6-7,10,16H2,1H3. The second kappa shape index (κ2) is 7.83. The Balaban J connectivity index is 1.82. The Bertz CT molecular complexity index is 543. The van der Waals surface area contributed by atoms with Crippen molar-refractivity contribution in [2.24, 2.45) is 12.9 Å². The molecule has 0 spiro atoms. The molecule has 0 amide bonds. The van der Waals surface area contributed by atoms with Gasteiger partial charge in [-0.25, -0.2) is 0 Å². The van der Waals surface area contributed by atoms with Crippen LogP contribution in [0.25, 0.3) is 0 Å². The molecule has 0 fully saturated rings. The molecule has 3 N–H and O–H groups in total. The number of nitrogens with two attached hydrogens (primary N) is 1. The van der Waals surface area contributed by atoms with Crippen molar-refractivity contribution in [1.29, 1.82) is 0 Å². The third-order valence-electron chi connectivity index (χ3n) is 3.05. The van der Waals surface area contributed by atoms with Crippen molar-refractivity contribution >= 4 is 27.7 Å². The first kappa shape index (κ1) is 15.6. The maximum atomic E-state index is 5.65. The van der Waals surface area contributed by atoms with Crippen molar-refractivity contribution in [2.75, 3.05) is 5.75 Å². The minimum absolute atomic E-state index is 0.285. The molecule has 4 nitrogen and oxygen atoms in total. The van der Waals surface area contributed by atoms with E-state index in [0.717, 1.165) is 23.1 Å². The van der Waals surface area contributed by atoms with Crippen molar-refractivity contribution in [3.8, 4) is 0 Å². The predicted molar refractivity (Wildman–Crippen MR) is 87.5 cm³/mol. The Morgan fingerprint density at radius 1 is 1.45 bits per heavy atom. The first-order valence-corrected chi connectivity index (χ1v) is 8.28. The molecule has 0 aliphatic rings. The van der Waals surface area contributed by atoms with Crippen LogP contribution >= 0.6 is 27.7 Å². The summed E-state index contributed by atoms with van der Waals surface area (Å²) in [5.74, 6) is 6.59. The number of aromatic nitrogens is 2. The number of hydrogen-bond donors (Lipinski definition) is 2. The van der Waals surface area contributed by atoms with Gasteiger partial charge in [-0.2, -0.15) is 5.10 Å². The molecular formula is C14H19BrN4S. The average Bonchev–Trinajstić information content (AvgIpc) is 2.86. The summed E-state index contributed by atoms with van der Waals surface area (Å²) in [5.41, 5.74) is 4.15. The summed E-state index contributed by atoms with van der Waals surface area (Å²) in [6.45, 7) is 0. The lowest BCUT2D eigenvalue weighted by Crippen LogP contribution is -2.37. The van der Waals surface area contributed by atoms with Gasteiger partial charge in [-0.3, -0.25) is 16.0 Å². The van der Waals surface area contributed by atoms with E-state index < -0.39 is 0 Å². The van der Waals surface area contributed by atoms with Crippen LogP contribution in [0, 0.1) is 0 Å². The van der Waals surface area contributed by atoms with Gasteiger partial charge in [-0.05, 0) is 46.5 Å². The second-order valence-electron chi connectivity index (χ2n) is 4.67. The number of hydrazine groups is 1. The maximum absolute atomic E-state index is 5.65. The third kappa shape index (κ3) is 4.63. The van der Waals surface area contributed by atoms with Gasteiger partial charge in [0.2, 0.25) is 0 Å². The van der Waals surface area contributed by atoms with Crippen LogP contribution in [0.3, 0.4) is 0 Å². The van der Waals surface area contributed by atoms with Gasteiger partial charge in [0.25, 0.3) is 0 Å². The molecule has 20 heavy (non-hydrogen) atoms. The zero-order valence-corrected chi connectivity index (χ0v) is 13.8. The van der Waals surface area contributed by atoms with E-state index in [-0.39, 0.29) is 6.04 Å². The minimum atomic E-state index is 0.285. The Hall–Kier alpha value is -0.820. The summed E-state index contributed by atoms with van der Waals surface area (Å²) in [6.07, 6.45) is 5.95. The van der Waals surface area contributed by atoms with Gasteiger partial charge >= 0.3 is 0 Å². The molecule has 0 aliphatic carbocycles. The van der Waals surface area contributed by atoms with Crippen LogP contribution in [0.5, 0.6) is 0 Å². The number of halogens is 1. The number of aryl methyl sites for hydroxylation is 2. The van der Waals surface area contributed by atoms with Gasteiger partial charge in [0.1, 0.15) is 0 Å². The lowest BCUT2D eigenvalue weighted by Gasteiger charge is -2.15. The average molecular weight is 355 g/mol. The molecular weight excluding hydrogens is 336 g/mol.